The summed E-state index contributed by atoms with van der Waals surface area (Å²) in [7, 11) is 0. The number of rotatable bonds is 4. The molecule has 5 rings (SSSR count). The zero-order chi connectivity index (χ0) is 26.8. The maximum absolute atomic E-state index is 14.2. The second-order valence-corrected chi connectivity index (χ2v) is 8.51. The Morgan fingerprint density at radius 3 is 2.53 bits per heavy atom. The smallest absolute Gasteiger partial charge is 0.267 e. The molecule has 12 heteroatoms. The molecule has 38 heavy (non-hydrogen) atoms. The van der Waals surface area contributed by atoms with E-state index in [1.54, 1.807) is 19.1 Å². The molecule has 5 aromatic rings. The van der Waals surface area contributed by atoms with E-state index in [0.29, 0.717) is 17.1 Å². The SMILES string of the molecule is CC(Nc1ncnc(N)c1C#Cc1cncnc1)c1nc2cccc(Cl)c2c(=O)n1-c1cc(F)cc(F)c1. The molecule has 0 aliphatic carbocycles. The van der Waals surface area contributed by atoms with Gasteiger partial charge in [-0.1, -0.05) is 29.5 Å². The first kappa shape index (κ1) is 24.7. The predicted molar refractivity (Wildman–Crippen MR) is 139 cm³/mol. The first-order valence-electron chi connectivity index (χ1n) is 11.1. The molecule has 0 aliphatic heterocycles. The van der Waals surface area contributed by atoms with E-state index in [4.69, 9.17) is 17.3 Å². The van der Waals surface area contributed by atoms with Crippen LogP contribution < -0.4 is 16.6 Å². The van der Waals surface area contributed by atoms with Gasteiger partial charge >= 0.3 is 0 Å². The van der Waals surface area contributed by atoms with Gasteiger partial charge in [-0.2, -0.15) is 0 Å². The van der Waals surface area contributed by atoms with Gasteiger partial charge in [0, 0.05) is 18.5 Å². The van der Waals surface area contributed by atoms with Gasteiger partial charge in [-0.3, -0.25) is 9.36 Å². The number of hydrogen-bond donors (Lipinski definition) is 2. The van der Waals surface area contributed by atoms with Crippen molar-refractivity contribution in [3.63, 3.8) is 0 Å². The van der Waals surface area contributed by atoms with Crippen molar-refractivity contribution in [1.29, 1.82) is 0 Å². The summed E-state index contributed by atoms with van der Waals surface area (Å²) in [5.41, 5.74) is 6.57. The zero-order valence-electron chi connectivity index (χ0n) is 19.7. The Labute approximate surface area is 219 Å². The van der Waals surface area contributed by atoms with Crippen LogP contribution >= 0.6 is 11.6 Å². The van der Waals surface area contributed by atoms with E-state index in [2.05, 4.69) is 42.1 Å². The van der Waals surface area contributed by atoms with E-state index in [1.807, 2.05) is 0 Å². The average molecular weight is 531 g/mol. The standard InChI is InChI=1S/C26H17ClF2N8O/c1-14(35-24-19(23(30)33-13-34-24)6-5-15-10-31-12-32-11-15)25-36-21-4-2-3-20(27)22(21)26(38)37(25)18-8-16(28)7-17(29)9-18/h2-4,7-14H,1H3,(H3,30,33,34,35). The summed E-state index contributed by atoms with van der Waals surface area (Å²) in [5.74, 6) is 4.61. The highest BCUT2D eigenvalue weighted by Crippen LogP contribution is 2.26. The lowest BCUT2D eigenvalue weighted by atomic mass is 10.2. The molecule has 3 N–H and O–H groups in total. The highest BCUT2D eigenvalue weighted by Gasteiger charge is 2.22. The lowest BCUT2D eigenvalue weighted by Crippen LogP contribution is -2.28. The maximum atomic E-state index is 14.2. The van der Waals surface area contributed by atoms with E-state index < -0.39 is 23.2 Å². The third-order valence-corrected chi connectivity index (χ3v) is 5.80. The number of hydrogen-bond acceptors (Lipinski definition) is 8. The number of fused-ring (bicyclic) bond motifs is 1. The van der Waals surface area contributed by atoms with Crippen molar-refractivity contribution in [3.8, 4) is 17.5 Å². The summed E-state index contributed by atoms with van der Waals surface area (Å²) in [6, 6.07) is 6.86. The monoisotopic (exact) mass is 530 g/mol. The third kappa shape index (κ3) is 4.85. The number of aromatic nitrogens is 6. The minimum atomic E-state index is -0.858. The van der Waals surface area contributed by atoms with Crippen LogP contribution in [0.1, 0.15) is 29.9 Å². The molecule has 0 fully saturated rings. The number of nitrogens with two attached hydrogens (primary N) is 1. The topological polar surface area (TPSA) is 124 Å². The van der Waals surface area contributed by atoms with E-state index in [9.17, 15) is 13.6 Å². The van der Waals surface area contributed by atoms with Crippen molar-refractivity contribution < 1.29 is 8.78 Å². The van der Waals surface area contributed by atoms with Gasteiger partial charge in [-0.05, 0) is 31.2 Å². The average Bonchev–Trinajstić information content (AvgIpc) is 2.88. The molecule has 0 radical (unpaired) electrons. The van der Waals surface area contributed by atoms with Crippen LogP contribution in [0.25, 0.3) is 16.6 Å². The van der Waals surface area contributed by atoms with Crippen LogP contribution in [0, 0.1) is 23.5 Å². The van der Waals surface area contributed by atoms with E-state index in [1.165, 1.54) is 31.1 Å². The fraction of sp³-hybridized carbons (Fsp3) is 0.0769. The molecule has 0 saturated heterocycles. The van der Waals surface area contributed by atoms with Crippen LogP contribution in [0.4, 0.5) is 20.4 Å². The quantitative estimate of drug-likeness (QED) is 0.333. The molecule has 3 aromatic heterocycles. The van der Waals surface area contributed by atoms with Gasteiger partial charge in [0.05, 0.1) is 33.2 Å². The molecule has 1 unspecified atom stereocenters. The van der Waals surface area contributed by atoms with E-state index >= 15 is 0 Å². The van der Waals surface area contributed by atoms with Gasteiger partial charge in [0.25, 0.3) is 5.56 Å². The van der Waals surface area contributed by atoms with Crippen LogP contribution in [0.3, 0.4) is 0 Å². The molecule has 3 heterocycles. The second-order valence-electron chi connectivity index (χ2n) is 8.10. The van der Waals surface area contributed by atoms with Crippen molar-refractivity contribution in [2.45, 2.75) is 13.0 Å². The Hall–Kier alpha value is -4.95. The maximum Gasteiger partial charge on any atom is 0.267 e. The molecule has 0 amide bonds. The second kappa shape index (κ2) is 10.2. The molecular weight excluding hydrogens is 514 g/mol. The minimum Gasteiger partial charge on any atom is -0.382 e. The van der Waals surface area contributed by atoms with Crippen LogP contribution in [-0.2, 0) is 0 Å². The normalized spacial score (nSPS) is 11.6. The van der Waals surface area contributed by atoms with Crippen LogP contribution in [0.5, 0.6) is 0 Å². The Morgan fingerprint density at radius 2 is 1.79 bits per heavy atom. The summed E-state index contributed by atoms with van der Waals surface area (Å²) >= 11 is 6.30. The number of halogens is 3. The zero-order valence-corrected chi connectivity index (χ0v) is 20.4. The van der Waals surface area contributed by atoms with Gasteiger partial charge < -0.3 is 11.1 Å². The third-order valence-electron chi connectivity index (χ3n) is 5.49. The number of nitrogen functional groups attached to an aromatic ring is 1. The van der Waals surface area contributed by atoms with Gasteiger partial charge in [0.2, 0.25) is 0 Å². The summed E-state index contributed by atoms with van der Waals surface area (Å²) in [6.45, 7) is 1.70. The number of nitrogens with one attached hydrogen (secondary N) is 1. The molecular formula is C26H17ClF2N8O. The van der Waals surface area contributed by atoms with Gasteiger partial charge in [-0.25, -0.2) is 33.7 Å². The Bertz CT molecular complexity index is 1780. The summed E-state index contributed by atoms with van der Waals surface area (Å²) in [4.78, 5) is 34.3. The Balaban J connectivity index is 1.65. The lowest BCUT2D eigenvalue weighted by Gasteiger charge is -2.21. The molecule has 1 atom stereocenters. The van der Waals surface area contributed by atoms with Crippen LogP contribution in [0.15, 0.2) is 66.2 Å². The van der Waals surface area contributed by atoms with Gasteiger partial charge in [0.1, 0.15) is 47.3 Å². The number of nitrogens with zero attached hydrogens (tertiary/aromatic N) is 6. The molecule has 0 spiro atoms. The molecule has 188 valence electrons. The fourth-order valence-corrected chi connectivity index (χ4v) is 4.07. The van der Waals surface area contributed by atoms with Crippen molar-refractivity contribution >= 4 is 34.1 Å². The summed E-state index contributed by atoms with van der Waals surface area (Å²) in [6.07, 6.45) is 5.71. The summed E-state index contributed by atoms with van der Waals surface area (Å²) in [5, 5.41) is 3.41. The first-order valence-corrected chi connectivity index (χ1v) is 11.5. The van der Waals surface area contributed by atoms with Crippen molar-refractivity contribution in [2.24, 2.45) is 0 Å². The summed E-state index contributed by atoms with van der Waals surface area (Å²) < 4.78 is 29.4. The predicted octanol–water partition coefficient (Wildman–Crippen LogP) is 4.05. The molecule has 0 bridgehead atoms. The molecule has 9 nitrogen and oxygen atoms in total. The highest BCUT2D eigenvalue weighted by atomic mass is 35.5. The van der Waals surface area contributed by atoms with Crippen LogP contribution in [-0.4, -0.2) is 29.5 Å². The molecule has 2 aromatic carbocycles. The Kier molecular flexibility index (Phi) is 6.64. The number of benzene rings is 2. The highest BCUT2D eigenvalue weighted by molar-refractivity contribution is 6.35. The first-order chi connectivity index (χ1) is 18.3. The largest absolute Gasteiger partial charge is 0.382 e. The minimum absolute atomic E-state index is 0.0586. The molecule has 0 aliphatic rings. The van der Waals surface area contributed by atoms with E-state index in [0.717, 1.165) is 16.7 Å². The van der Waals surface area contributed by atoms with Crippen LogP contribution in [0.2, 0.25) is 5.02 Å². The van der Waals surface area contributed by atoms with Gasteiger partial charge in [-0.15, -0.1) is 0 Å². The van der Waals surface area contributed by atoms with Crippen molar-refractivity contribution in [2.75, 3.05) is 11.1 Å². The van der Waals surface area contributed by atoms with E-state index in [-0.39, 0.29) is 39.1 Å². The molecule has 0 saturated carbocycles. The fourth-order valence-electron chi connectivity index (χ4n) is 3.82. The number of anilines is 2. The van der Waals surface area contributed by atoms with Gasteiger partial charge in [0.15, 0.2) is 0 Å². The van der Waals surface area contributed by atoms with Crippen molar-refractivity contribution in [3.05, 3.63) is 105 Å². The lowest BCUT2D eigenvalue weighted by molar-refractivity contribution is 0.579. The Morgan fingerprint density at radius 1 is 1.05 bits per heavy atom. The van der Waals surface area contributed by atoms with Crippen molar-refractivity contribution in [1.82, 2.24) is 29.5 Å².